The van der Waals surface area contributed by atoms with Crippen LogP contribution in [0.3, 0.4) is 0 Å². The van der Waals surface area contributed by atoms with Gasteiger partial charge < -0.3 is 5.11 Å². The third-order valence-electron chi connectivity index (χ3n) is 1.61. The van der Waals surface area contributed by atoms with Crippen LogP contribution in [0.1, 0.15) is 41.5 Å². The Balaban J connectivity index is 0. The first-order chi connectivity index (χ1) is 6.40. The number of rotatable bonds is 5. The summed E-state index contributed by atoms with van der Waals surface area (Å²) in [4.78, 5) is 0. The Hall–Kier alpha value is 0.492. The van der Waals surface area contributed by atoms with Gasteiger partial charge in [-0.25, -0.2) is 0 Å². The number of hydrogen-bond acceptors (Lipinski definition) is 1. The first kappa shape index (κ1) is 16.9. The molecule has 0 N–H and O–H groups in total. The predicted molar refractivity (Wildman–Crippen MR) is 64.7 cm³/mol. The molecule has 84 valence electrons. The molecule has 1 nitrogen and oxygen atoms in total. The zero-order chi connectivity index (χ0) is 11.6. The molecular weight excluding hydrogens is 187 g/mol. The molecule has 0 heterocycles. The normalized spacial score (nSPS) is 10.1. The minimum atomic E-state index is 0.0556. The Bertz CT molecular complexity index is 92.5. The summed E-state index contributed by atoms with van der Waals surface area (Å²) in [7, 11) is 0. The quantitative estimate of drug-likeness (QED) is 0.645. The van der Waals surface area contributed by atoms with E-state index < -0.39 is 0 Å². The van der Waals surface area contributed by atoms with Crippen LogP contribution >= 0.6 is 0 Å². The Morgan fingerprint density at radius 2 is 1.07 bits per heavy atom. The van der Waals surface area contributed by atoms with Gasteiger partial charge in [0.1, 0.15) is 0 Å². The Kier molecular flexibility index (Phi) is 14.0. The molecule has 0 aromatic heterocycles. The van der Waals surface area contributed by atoms with Crippen molar-refractivity contribution in [3.63, 3.8) is 0 Å². The van der Waals surface area contributed by atoms with Crippen LogP contribution in [0, 0.1) is 17.8 Å². The van der Waals surface area contributed by atoms with Crippen molar-refractivity contribution in [3.05, 3.63) is 0 Å². The van der Waals surface area contributed by atoms with Gasteiger partial charge in [-0.05, 0) is 0 Å². The van der Waals surface area contributed by atoms with Gasteiger partial charge in [0.2, 0.25) is 0 Å². The van der Waals surface area contributed by atoms with Crippen molar-refractivity contribution in [1.29, 1.82) is 0 Å². The molecule has 0 radical (unpaired) electrons. The average molecular weight is 214 g/mol. The summed E-state index contributed by atoms with van der Waals surface area (Å²) in [5, 5.41) is 12.6. The van der Waals surface area contributed by atoms with Crippen molar-refractivity contribution in [3.8, 4) is 0 Å². The topological polar surface area (TPSA) is 23.1 Å². The van der Waals surface area contributed by atoms with Crippen molar-refractivity contribution >= 4 is 15.2 Å². The summed E-state index contributed by atoms with van der Waals surface area (Å²) in [6.45, 7) is 13.1. The molecular formula is C12H27AlO. The molecule has 0 aliphatic carbocycles. The summed E-state index contributed by atoms with van der Waals surface area (Å²) in [6.07, 6.45) is 0. The van der Waals surface area contributed by atoms with E-state index in [-0.39, 0.29) is 6.61 Å². The second-order valence-electron chi connectivity index (χ2n) is 5.11. The van der Waals surface area contributed by atoms with Crippen LogP contribution in [0.2, 0.25) is 10.6 Å². The summed E-state index contributed by atoms with van der Waals surface area (Å²) >= 11 is 0.755. The maximum atomic E-state index is 9.63. The summed E-state index contributed by atoms with van der Waals surface area (Å²) in [5.74, 6) is 2.19. The molecule has 2 heteroatoms. The van der Waals surface area contributed by atoms with E-state index >= 15 is 0 Å². The summed E-state index contributed by atoms with van der Waals surface area (Å²) < 4.78 is 0. The van der Waals surface area contributed by atoms with Crippen molar-refractivity contribution in [2.75, 3.05) is 6.61 Å². The monoisotopic (exact) mass is 214 g/mol. The van der Waals surface area contributed by atoms with Crippen molar-refractivity contribution in [2.24, 2.45) is 17.8 Å². The Labute approximate surface area is 97.0 Å². The molecule has 0 saturated carbocycles. The van der Waals surface area contributed by atoms with Gasteiger partial charge in [-0.3, -0.25) is 0 Å². The van der Waals surface area contributed by atoms with Crippen LogP contribution in [0.5, 0.6) is 0 Å². The van der Waals surface area contributed by atoms with Crippen LogP contribution in [0.15, 0.2) is 0 Å². The zero-order valence-electron chi connectivity index (χ0n) is 10.8. The van der Waals surface area contributed by atoms with Crippen molar-refractivity contribution in [1.82, 2.24) is 0 Å². The molecule has 0 aliphatic rings. The van der Waals surface area contributed by atoms with Gasteiger partial charge >= 0.3 is 65.3 Å². The fraction of sp³-hybridized carbons (Fsp3) is 1.00. The number of hydrogen-bond donors (Lipinski definition) is 0. The fourth-order valence-electron chi connectivity index (χ4n) is 0.763. The molecule has 0 aromatic rings. The standard InChI is InChI=1S/C4H9O.2C4H9.Al/c1-4(2)3-5;2*1-4(2)3;/h4H,3H2,1-2H3;2*4H,1H2,2-3H3;/q-1;;;+1. The van der Waals surface area contributed by atoms with E-state index in [1.807, 2.05) is 13.8 Å². The van der Waals surface area contributed by atoms with Gasteiger partial charge in [0, 0.05) is 0 Å². The average Bonchev–Trinajstić information content (AvgIpc) is 2.04. The third kappa shape index (κ3) is 22.9. The summed E-state index contributed by atoms with van der Waals surface area (Å²) in [5.41, 5.74) is 0. The van der Waals surface area contributed by atoms with Gasteiger partial charge in [-0.1, -0.05) is 19.8 Å². The fourth-order valence-corrected chi connectivity index (χ4v) is 2.29. The Morgan fingerprint density at radius 1 is 0.786 bits per heavy atom. The molecule has 0 bridgehead atoms. The molecule has 0 unspecified atom stereocenters. The van der Waals surface area contributed by atoms with Crippen LogP contribution in [-0.4, -0.2) is 21.8 Å². The molecule has 0 rings (SSSR count). The maximum absolute atomic E-state index is 9.63. The van der Waals surface area contributed by atoms with E-state index in [0.717, 1.165) is 27.1 Å². The van der Waals surface area contributed by atoms with Gasteiger partial charge in [-0.2, -0.15) is 0 Å². The van der Waals surface area contributed by atoms with E-state index in [4.69, 9.17) is 0 Å². The molecule has 14 heavy (non-hydrogen) atoms. The van der Waals surface area contributed by atoms with Crippen molar-refractivity contribution < 1.29 is 5.11 Å². The van der Waals surface area contributed by atoms with Gasteiger partial charge in [0.25, 0.3) is 0 Å². The Morgan fingerprint density at radius 3 is 1.21 bits per heavy atom. The van der Waals surface area contributed by atoms with Gasteiger partial charge in [0.15, 0.2) is 0 Å². The zero-order valence-corrected chi connectivity index (χ0v) is 12.0. The second kappa shape index (κ2) is 11.6. The molecule has 0 aliphatic heterocycles. The van der Waals surface area contributed by atoms with Crippen molar-refractivity contribution in [2.45, 2.75) is 52.1 Å². The molecule has 0 aromatic carbocycles. The molecule has 0 atom stereocenters. The van der Waals surface area contributed by atoms with E-state index in [1.165, 1.54) is 10.6 Å². The third-order valence-corrected chi connectivity index (χ3v) is 4.16. The van der Waals surface area contributed by atoms with E-state index in [0.29, 0.717) is 5.92 Å². The van der Waals surface area contributed by atoms with Crippen LogP contribution in [0.25, 0.3) is 0 Å². The second-order valence-corrected chi connectivity index (χ2v) is 6.63. The minimum absolute atomic E-state index is 0.0556. The molecule has 0 fully saturated rings. The van der Waals surface area contributed by atoms with E-state index in [2.05, 4.69) is 27.7 Å². The molecule has 0 amide bonds. The van der Waals surface area contributed by atoms with Gasteiger partial charge in [0.05, 0.1) is 0 Å². The van der Waals surface area contributed by atoms with Crippen LogP contribution in [0.4, 0.5) is 0 Å². The van der Waals surface area contributed by atoms with E-state index in [1.54, 1.807) is 0 Å². The van der Waals surface area contributed by atoms with E-state index in [9.17, 15) is 5.11 Å². The predicted octanol–water partition coefficient (Wildman–Crippen LogP) is 2.84. The van der Waals surface area contributed by atoms with Crippen LogP contribution in [-0.2, 0) is 0 Å². The van der Waals surface area contributed by atoms with Gasteiger partial charge in [-0.15, -0.1) is 6.61 Å². The first-order valence-corrected chi connectivity index (χ1v) is 7.43. The molecule has 0 spiro atoms. The molecule has 0 saturated heterocycles. The van der Waals surface area contributed by atoms with Crippen LogP contribution < -0.4 is 5.11 Å². The summed E-state index contributed by atoms with van der Waals surface area (Å²) in [6, 6.07) is 0. The SMILES string of the molecule is CC(C)C[O-].CC(C)[CH2][Al+][CH2]C(C)C. The first-order valence-electron chi connectivity index (χ1n) is 5.79.